The zero-order valence-electron chi connectivity index (χ0n) is 10.9. The maximum Gasteiger partial charge on any atom is 0.241 e. The molecule has 0 fully saturated rings. The minimum absolute atomic E-state index is 0.113. The predicted octanol–water partition coefficient (Wildman–Crippen LogP) is 3.75. The van der Waals surface area contributed by atoms with E-state index < -0.39 is 11.9 Å². The van der Waals surface area contributed by atoms with Crippen molar-refractivity contribution in [2.75, 3.05) is 5.32 Å². The fraction of sp³-hybridized carbons (Fsp3) is 0.133. The Hall–Kier alpha value is -1.43. The monoisotopic (exact) mass is 370 g/mol. The molecule has 110 valence electrons. The Morgan fingerprint density at radius 3 is 2.62 bits per heavy atom. The van der Waals surface area contributed by atoms with E-state index >= 15 is 0 Å². The molecule has 0 aliphatic carbocycles. The van der Waals surface area contributed by atoms with Crippen molar-refractivity contribution in [2.24, 2.45) is 5.73 Å². The van der Waals surface area contributed by atoms with Gasteiger partial charge in [0.15, 0.2) is 0 Å². The summed E-state index contributed by atoms with van der Waals surface area (Å²) in [6.07, 6.45) is 0.406. The Bertz CT molecular complexity index is 628. The first-order valence-electron chi connectivity index (χ1n) is 6.22. The van der Waals surface area contributed by atoms with Crippen LogP contribution in [0.1, 0.15) is 5.56 Å². The summed E-state index contributed by atoms with van der Waals surface area (Å²) in [6, 6.07) is 11.1. The first kappa shape index (κ1) is 15.9. The number of nitrogens with one attached hydrogen (secondary N) is 1. The lowest BCUT2D eigenvalue weighted by Crippen LogP contribution is -2.37. The highest BCUT2D eigenvalue weighted by Gasteiger charge is 2.17. The second kappa shape index (κ2) is 7.02. The smallest absolute Gasteiger partial charge is 0.241 e. The summed E-state index contributed by atoms with van der Waals surface area (Å²) in [5, 5.41) is 2.73. The summed E-state index contributed by atoms with van der Waals surface area (Å²) in [5.41, 5.74) is 7.16. The summed E-state index contributed by atoms with van der Waals surface area (Å²) < 4.78 is 13.5. The van der Waals surface area contributed by atoms with E-state index in [-0.39, 0.29) is 10.9 Å². The second-order valence-corrected chi connectivity index (χ2v) is 5.79. The zero-order chi connectivity index (χ0) is 15.4. The van der Waals surface area contributed by atoms with Crippen LogP contribution in [0.3, 0.4) is 0 Å². The molecule has 0 bridgehead atoms. The van der Waals surface area contributed by atoms with Crippen LogP contribution in [-0.4, -0.2) is 11.9 Å². The molecule has 0 saturated carbocycles. The second-order valence-electron chi connectivity index (χ2n) is 4.53. The highest BCUT2D eigenvalue weighted by Crippen LogP contribution is 2.31. The van der Waals surface area contributed by atoms with Gasteiger partial charge in [-0.2, -0.15) is 0 Å². The summed E-state index contributed by atoms with van der Waals surface area (Å²) in [7, 11) is 0. The normalized spacial score (nSPS) is 12.0. The lowest BCUT2D eigenvalue weighted by molar-refractivity contribution is -0.117. The van der Waals surface area contributed by atoms with E-state index in [1.807, 2.05) is 30.3 Å². The highest BCUT2D eigenvalue weighted by molar-refractivity contribution is 9.10. The van der Waals surface area contributed by atoms with E-state index in [1.54, 1.807) is 0 Å². The average Bonchev–Trinajstić information content (AvgIpc) is 2.43. The van der Waals surface area contributed by atoms with E-state index in [9.17, 15) is 9.18 Å². The molecule has 2 aromatic carbocycles. The fourth-order valence-corrected chi connectivity index (χ4v) is 2.74. The van der Waals surface area contributed by atoms with Crippen LogP contribution in [0.15, 0.2) is 46.9 Å². The largest absolute Gasteiger partial charge is 0.322 e. The van der Waals surface area contributed by atoms with E-state index in [0.29, 0.717) is 16.6 Å². The number of hydrogen-bond donors (Lipinski definition) is 2. The molecule has 3 N–H and O–H groups in total. The van der Waals surface area contributed by atoms with Crippen LogP contribution in [0.25, 0.3) is 0 Å². The quantitative estimate of drug-likeness (QED) is 0.860. The lowest BCUT2D eigenvalue weighted by Gasteiger charge is -2.14. The third kappa shape index (κ3) is 4.27. The van der Waals surface area contributed by atoms with Crippen molar-refractivity contribution in [1.82, 2.24) is 0 Å². The highest BCUT2D eigenvalue weighted by atomic mass is 79.9. The number of carbonyl (C=O) groups is 1. The van der Waals surface area contributed by atoms with Gasteiger partial charge in [-0.1, -0.05) is 41.9 Å². The zero-order valence-corrected chi connectivity index (χ0v) is 13.3. The molecule has 6 heteroatoms. The minimum Gasteiger partial charge on any atom is -0.322 e. The molecule has 0 radical (unpaired) electrons. The maximum absolute atomic E-state index is 13.1. The molecular formula is C15H13BrClFN2O. The van der Waals surface area contributed by atoms with Gasteiger partial charge in [-0.25, -0.2) is 4.39 Å². The Labute approximate surface area is 135 Å². The Morgan fingerprint density at radius 2 is 2.00 bits per heavy atom. The maximum atomic E-state index is 13.1. The van der Waals surface area contributed by atoms with Crippen LogP contribution in [-0.2, 0) is 11.2 Å². The van der Waals surface area contributed by atoms with Crippen LogP contribution in [0, 0.1) is 5.82 Å². The number of amides is 1. The SMILES string of the molecule is N[C@H](Cc1ccccc1)C(=O)Nc1c(Cl)cc(F)cc1Br. The van der Waals surface area contributed by atoms with Crippen LogP contribution in [0.2, 0.25) is 5.02 Å². The molecule has 21 heavy (non-hydrogen) atoms. The molecule has 0 aliphatic heterocycles. The molecule has 2 aromatic rings. The Kier molecular flexibility index (Phi) is 5.33. The molecule has 1 atom stereocenters. The van der Waals surface area contributed by atoms with Gasteiger partial charge in [0, 0.05) is 4.47 Å². The summed E-state index contributed by atoms with van der Waals surface area (Å²) in [5.74, 6) is -0.869. The van der Waals surface area contributed by atoms with Gasteiger partial charge in [-0.05, 0) is 40.0 Å². The number of benzene rings is 2. The number of anilines is 1. The van der Waals surface area contributed by atoms with Crippen LogP contribution in [0.4, 0.5) is 10.1 Å². The van der Waals surface area contributed by atoms with Crippen LogP contribution in [0.5, 0.6) is 0 Å². The molecule has 0 saturated heterocycles. The molecule has 0 spiro atoms. The first-order chi connectivity index (χ1) is 9.97. The van der Waals surface area contributed by atoms with E-state index in [0.717, 1.165) is 11.6 Å². The third-order valence-electron chi connectivity index (χ3n) is 2.89. The molecule has 3 nitrogen and oxygen atoms in total. The van der Waals surface area contributed by atoms with Gasteiger partial charge in [0.05, 0.1) is 16.8 Å². The van der Waals surface area contributed by atoms with E-state index in [2.05, 4.69) is 21.2 Å². The van der Waals surface area contributed by atoms with Crippen molar-refractivity contribution in [2.45, 2.75) is 12.5 Å². The molecule has 0 heterocycles. The molecule has 0 aliphatic rings. The standard InChI is InChI=1S/C15H13BrClFN2O/c16-11-7-10(18)8-12(17)14(11)20-15(21)13(19)6-9-4-2-1-3-5-9/h1-5,7-8,13H,6,19H2,(H,20,21)/t13-/m1/s1. The predicted molar refractivity (Wildman–Crippen MR) is 85.9 cm³/mol. The van der Waals surface area contributed by atoms with Crippen LogP contribution < -0.4 is 11.1 Å². The van der Waals surface area contributed by atoms with Crippen molar-refractivity contribution >= 4 is 39.1 Å². The molecule has 0 unspecified atom stereocenters. The summed E-state index contributed by atoms with van der Waals surface area (Å²) >= 11 is 9.08. The Balaban J connectivity index is 2.08. The molecule has 1 amide bonds. The Morgan fingerprint density at radius 1 is 1.33 bits per heavy atom. The number of carbonyl (C=O) groups excluding carboxylic acids is 1. The third-order valence-corrected chi connectivity index (χ3v) is 3.81. The number of rotatable bonds is 4. The number of hydrogen-bond acceptors (Lipinski definition) is 2. The first-order valence-corrected chi connectivity index (χ1v) is 7.39. The molecular weight excluding hydrogens is 359 g/mol. The number of nitrogens with two attached hydrogens (primary N) is 1. The van der Waals surface area contributed by atoms with Gasteiger partial charge in [0.25, 0.3) is 0 Å². The fourth-order valence-electron chi connectivity index (χ4n) is 1.84. The lowest BCUT2D eigenvalue weighted by atomic mass is 10.1. The van der Waals surface area contributed by atoms with Crippen molar-refractivity contribution in [3.63, 3.8) is 0 Å². The van der Waals surface area contributed by atoms with Crippen molar-refractivity contribution in [3.8, 4) is 0 Å². The van der Waals surface area contributed by atoms with Gasteiger partial charge in [-0.3, -0.25) is 4.79 Å². The van der Waals surface area contributed by atoms with Crippen molar-refractivity contribution in [3.05, 3.63) is 63.3 Å². The minimum atomic E-state index is -0.722. The topological polar surface area (TPSA) is 55.1 Å². The summed E-state index contributed by atoms with van der Waals surface area (Å²) in [6.45, 7) is 0. The van der Waals surface area contributed by atoms with Crippen molar-refractivity contribution < 1.29 is 9.18 Å². The molecule has 2 rings (SSSR count). The van der Waals surface area contributed by atoms with Crippen LogP contribution >= 0.6 is 27.5 Å². The average molecular weight is 372 g/mol. The van der Waals surface area contributed by atoms with Gasteiger partial charge in [0.2, 0.25) is 5.91 Å². The van der Waals surface area contributed by atoms with E-state index in [1.165, 1.54) is 6.07 Å². The van der Waals surface area contributed by atoms with E-state index in [4.69, 9.17) is 17.3 Å². The molecule has 0 aromatic heterocycles. The van der Waals surface area contributed by atoms with Gasteiger partial charge < -0.3 is 11.1 Å². The van der Waals surface area contributed by atoms with Crippen molar-refractivity contribution in [1.29, 1.82) is 0 Å². The van der Waals surface area contributed by atoms with Gasteiger partial charge in [0.1, 0.15) is 5.82 Å². The van der Waals surface area contributed by atoms with Gasteiger partial charge in [-0.15, -0.1) is 0 Å². The van der Waals surface area contributed by atoms with Gasteiger partial charge >= 0.3 is 0 Å². The number of halogens is 3. The summed E-state index contributed by atoms with van der Waals surface area (Å²) in [4.78, 5) is 12.1.